The molecule has 6 nitrogen and oxygen atoms in total. The van der Waals surface area contributed by atoms with Crippen molar-refractivity contribution in [1.29, 1.82) is 0 Å². The second kappa shape index (κ2) is 4.46. The van der Waals surface area contributed by atoms with E-state index in [-0.39, 0.29) is 29.3 Å². The number of hydrogen-bond acceptors (Lipinski definition) is 4. The zero-order chi connectivity index (χ0) is 12.6. The predicted molar refractivity (Wildman–Crippen MR) is 61.7 cm³/mol. The molecule has 1 fully saturated rings. The van der Waals surface area contributed by atoms with Crippen LogP contribution >= 0.6 is 23.2 Å². The van der Waals surface area contributed by atoms with Crippen LogP contribution in [-0.2, 0) is 9.59 Å². The van der Waals surface area contributed by atoms with Crippen LogP contribution < -0.4 is 10.6 Å². The van der Waals surface area contributed by atoms with Crippen molar-refractivity contribution in [1.82, 2.24) is 9.97 Å². The fourth-order valence-electron chi connectivity index (χ4n) is 1.65. The maximum absolute atomic E-state index is 11.7. The summed E-state index contributed by atoms with van der Waals surface area (Å²) in [5.41, 5.74) is 5.50. The van der Waals surface area contributed by atoms with Gasteiger partial charge in [-0.2, -0.15) is 0 Å². The van der Waals surface area contributed by atoms with Crippen LogP contribution in [0.15, 0.2) is 6.20 Å². The topological polar surface area (TPSA) is 89.2 Å². The van der Waals surface area contributed by atoms with Crippen LogP contribution in [0.4, 0.5) is 5.69 Å². The molecule has 1 aliphatic rings. The zero-order valence-corrected chi connectivity index (χ0v) is 10.1. The second-order valence-electron chi connectivity index (χ2n) is 3.62. The Balaban J connectivity index is 2.29. The van der Waals surface area contributed by atoms with E-state index in [0.29, 0.717) is 5.69 Å². The Labute approximate surface area is 107 Å². The Bertz CT molecular complexity index is 494. The van der Waals surface area contributed by atoms with E-state index in [4.69, 9.17) is 28.9 Å². The Morgan fingerprint density at radius 2 is 2.24 bits per heavy atom. The predicted octanol–water partition coefficient (Wildman–Crippen LogP) is 0.622. The van der Waals surface area contributed by atoms with E-state index in [2.05, 4.69) is 9.97 Å². The second-order valence-corrected chi connectivity index (χ2v) is 4.32. The SMILES string of the molecule is NC(=O)C1CC(=O)N(c2cnc(Cl)nc2Cl)C1. The molecule has 2 heterocycles. The molecule has 0 spiro atoms. The number of aromatic nitrogens is 2. The molecule has 2 rings (SSSR count). The number of amides is 2. The number of nitrogens with zero attached hydrogens (tertiary/aromatic N) is 3. The number of carbonyl (C=O) groups excluding carboxylic acids is 2. The molecule has 0 radical (unpaired) electrons. The normalized spacial score (nSPS) is 19.8. The minimum atomic E-state index is -0.508. The van der Waals surface area contributed by atoms with Crippen LogP contribution in [0.2, 0.25) is 10.4 Å². The van der Waals surface area contributed by atoms with Gasteiger partial charge in [-0.3, -0.25) is 9.59 Å². The number of anilines is 1. The Kier molecular flexibility index (Phi) is 3.17. The molecule has 0 saturated carbocycles. The largest absolute Gasteiger partial charge is 0.369 e. The minimum absolute atomic E-state index is 0.00292. The molecule has 8 heteroatoms. The number of hydrogen-bond donors (Lipinski definition) is 1. The Hall–Kier alpha value is -1.40. The van der Waals surface area contributed by atoms with Crippen molar-refractivity contribution in [2.24, 2.45) is 11.7 Å². The molecule has 0 aromatic carbocycles. The molecule has 90 valence electrons. The van der Waals surface area contributed by atoms with Gasteiger partial charge < -0.3 is 10.6 Å². The van der Waals surface area contributed by atoms with E-state index in [1.807, 2.05) is 0 Å². The third-order valence-corrected chi connectivity index (χ3v) is 2.97. The summed E-state index contributed by atoms with van der Waals surface area (Å²) >= 11 is 11.4. The summed E-state index contributed by atoms with van der Waals surface area (Å²) in [5.74, 6) is -1.25. The maximum atomic E-state index is 11.7. The van der Waals surface area contributed by atoms with E-state index in [9.17, 15) is 9.59 Å². The third kappa shape index (κ3) is 2.32. The van der Waals surface area contributed by atoms with E-state index in [0.717, 1.165) is 0 Å². The molecular weight excluding hydrogens is 267 g/mol. The molecule has 1 aromatic rings. The van der Waals surface area contributed by atoms with Crippen LogP contribution in [0.1, 0.15) is 6.42 Å². The summed E-state index contributed by atoms with van der Waals surface area (Å²) in [6.45, 7) is 0.193. The summed E-state index contributed by atoms with van der Waals surface area (Å²) in [6, 6.07) is 0. The van der Waals surface area contributed by atoms with Crippen molar-refractivity contribution in [3.05, 3.63) is 16.6 Å². The van der Waals surface area contributed by atoms with Crippen LogP contribution in [0.3, 0.4) is 0 Å². The fourth-order valence-corrected chi connectivity index (χ4v) is 2.05. The lowest BCUT2D eigenvalue weighted by Crippen LogP contribution is -2.28. The number of primary amides is 1. The average molecular weight is 275 g/mol. The van der Waals surface area contributed by atoms with Gasteiger partial charge in [-0.15, -0.1) is 0 Å². The van der Waals surface area contributed by atoms with Crippen LogP contribution in [0.5, 0.6) is 0 Å². The van der Waals surface area contributed by atoms with Crippen LogP contribution in [0.25, 0.3) is 0 Å². The molecule has 17 heavy (non-hydrogen) atoms. The standard InChI is InChI=1S/C9H8Cl2N4O2/c10-7-5(2-13-9(11)14-7)15-3-4(8(12)17)1-6(15)16/h2,4H,1,3H2,(H2,12,17). The molecule has 2 N–H and O–H groups in total. The fraction of sp³-hybridized carbons (Fsp3) is 0.333. The highest BCUT2D eigenvalue weighted by molar-refractivity contribution is 6.34. The van der Waals surface area contributed by atoms with E-state index >= 15 is 0 Å². The first kappa shape index (κ1) is 12.1. The van der Waals surface area contributed by atoms with Gasteiger partial charge in [0.05, 0.1) is 12.1 Å². The van der Waals surface area contributed by atoms with Gasteiger partial charge in [0, 0.05) is 13.0 Å². The summed E-state index contributed by atoms with van der Waals surface area (Å²) in [6.07, 6.45) is 1.42. The van der Waals surface area contributed by atoms with Crippen molar-refractivity contribution < 1.29 is 9.59 Å². The van der Waals surface area contributed by atoms with Gasteiger partial charge >= 0.3 is 0 Å². The lowest BCUT2D eigenvalue weighted by molar-refractivity contribution is -0.123. The number of rotatable bonds is 2. The van der Waals surface area contributed by atoms with E-state index in [1.165, 1.54) is 11.1 Å². The number of nitrogens with two attached hydrogens (primary N) is 1. The van der Waals surface area contributed by atoms with Crippen molar-refractivity contribution in [2.75, 3.05) is 11.4 Å². The highest BCUT2D eigenvalue weighted by atomic mass is 35.5. The van der Waals surface area contributed by atoms with Gasteiger partial charge in [0.2, 0.25) is 17.1 Å². The van der Waals surface area contributed by atoms with Gasteiger partial charge in [-0.1, -0.05) is 11.6 Å². The van der Waals surface area contributed by atoms with Crippen molar-refractivity contribution >= 4 is 40.7 Å². The quantitative estimate of drug-likeness (QED) is 0.633. The molecule has 1 saturated heterocycles. The lowest BCUT2D eigenvalue weighted by atomic mass is 10.1. The lowest BCUT2D eigenvalue weighted by Gasteiger charge is -2.16. The van der Waals surface area contributed by atoms with Crippen molar-refractivity contribution in [2.45, 2.75) is 6.42 Å². The molecule has 1 aliphatic heterocycles. The molecule has 0 aliphatic carbocycles. The van der Waals surface area contributed by atoms with E-state index < -0.39 is 11.8 Å². The molecule has 1 atom stereocenters. The number of halogens is 2. The van der Waals surface area contributed by atoms with Gasteiger partial charge in [-0.05, 0) is 11.6 Å². The van der Waals surface area contributed by atoms with Gasteiger partial charge in [0.1, 0.15) is 5.69 Å². The number of carbonyl (C=O) groups is 2. The van der Waals surface area contributed by atoms with Gasteiger partial charge in [0.25, 0.3) is 0 Å². The third-order valence-electron chi connectivity index (χ3n) is 2.51. The molecule has 1 aromatic heterocycles. The average Bonchev–Trinajstić information content (AvgIpc) is 2.61. The Morgan fingerprint density at radius 1 is 1.53 bits per heavy atom. The van der Waals surface area contributed by atoms with Crippen molar-refractivity contribution in [3.8, 4) is 0 Å². The van der Waals surface area contributed by atoms with Crippen LogP contribution in [-0.4, -0.2) is 28.3 Å². The maximum Gasteiger partial charge on any atom is 0.228 e. The highest BCUT2D eigenvalue weighted by Gasteiger charge is 2.35. The van der Waals surface area contributed by atoms with Crippen molar-refractivity contribution in [3.63, 3.8) is 0 Å². The first-order chi connectivity index (χ1) is 7.99. The van der Waals surface area contributed by atoms with Crippen LogP contribution in [0, 0.1) is 5.92 Å². The molecular formula is C9H8Cl2N4O2. The summed E-state index contributed by atoms with van der Waals surface area (Å²) < 4.78 is 0. The first-order valence-electron chi connectivity index (χ1n) is 4.76. The molecule has 2 amide bonds. The summed E-state index contributed by atoms with van der Waals surface area (Å²) in [7, 11) is 0. The highest BCUT2D eigenvalue weighted by Crippen LogP contribution is 2.29. The van der Waals surface area contributed by atoms with Gasteiger partial charge in [-0.25, -0.2) is 9.97 Å². The zero-order valence-electron chi connectivity index (χ0n) is 8.56. The summed E-state index contributed by atoms with van der Waals surface area (Å²) in [5, 5.41) is 0.0697. The summed E-state index contributed by atoms with van der Waals surface area (Å²) in [4.78, 5) is 31.5. The molecule has 0 bridgehead atoms. The molecule has 1 unspecified atom stereocenters. The van der Waals surface area contributed by atoms with Gasteiger partial charge in [0.15, 0.2) is 5.15 Å². The Morgan fingerprint density at radius 3 is 2.76 bits per heavy atom. The monoisotopic (exact) mass is 274 g/mol. The first-order valence-corrected chi connectivity index (χ1v) is 5.52. The smallest absolute Gasteiger partial charge is 0.228 e. The minimum Gasteiger partial charge on any atom is -0.369 e. The van der Waals surface area contributed by atoms with E-state index in [1.54, 1.807) is 0 Å².